The zero-order valence-electron chi connectivity index (χ0n) is 16.7. The molecule has 0 saturated heterocycles. The number of unbranched alkanes of at least 4 members (excludes halogenated alkanes) is 3. The van der Waals surface area contributed by atoms with Crippen molar-refractivity contribution in [2.45, 2.75) is 88.9 Å². The average molecular weight is 451 g/mol. The maximum atomic E-state index is 11.9. The molecule has 3 heteroatoms. The van der Waals surface area contributed by atoms with Crippen LogP contribution in [0.2, 0.25) is 3.43 Å². The van der Waals surface area contributed by atoms with Gasteiger partial charge in [-0.2, -0.15) is 0 Å². The molecule has 0 N–H and O–H groups in total. The molecule has 0 aliphatic rings. The summed E-state index contributed by atoms with van der Waals surface area (Å²) in [6.07, 6.45) is 12.1. The van der Waals surface area contributed by atoms with Gasteiger partial charge in [-0.1, -0.05) is 0 Å². The summed E-state index contributed by atoms with van der Waals surface area (Å²) in [6.45, 7) is 9.21. The topological polar surface area (TPSA) is 26.3 Å². The number of hydrogen-bond acceptors (Lipinski definition) is 2. The van der Waals surface area contributed by atoms with Gasteiger partial charge in [-0.15, -0.1) is 0 Å². The summed E-state index contributed by atoms with van der Waals surface area (Å²) in [5.41, 5.74) is 0.686. The van der Waals surface area contributed by atoms with Crippen LogP contribution in [0.5, 0.6) is 0 Å². The maximum absolute atomic E-state index is 11.9. The van der Waals surface area contributed by atoms with Gasteiger partial charge in [0.15, 0.2) is 0 Å². The van der Waals surface area contributed by atoms with Crippen LogP contribution in [0.15, 0.2) is 24.3 Å². The summed E-state index contributed by atoms with van der Waals surface area (Å²) in [5.74, 6) is -0.200. The fourth-order valence-corrected chi connectivity index (χ4v) is 8.60. The van der Waals surface area contributed by atoms with Crippen molar-refractivity contribution in [3.63, 3.8) is 0 Å². The molecule has 0 heterocycles. The van der Waals surface area contributed by atoms with Gasteiger partial charge in [0.25, 0.3) is 0 Å². The number of carbonyl (C=O) groups is 1. The van der Waals surface area contributed by atoms with Crippen molar-refractivity contribution in [3.05, 3.63) is 29.8 Å². The monoisotopic (exact) mass is 452 g/mol. The van der Waals surface area contributed by atoms with Gasteiger partial charge < -0.3 is 0 Å². The third kappa shape index (κ3) is 8.15. The zero-order chi connectivity index (χ0) is 18.5. The molecule has 0 unspecified atom stereocenters. The molecular weight excluding hydrogens is 415 g/mol. The molecule has 0 atom stereocenters. The van der Waals surface area contributed by atoms with Gasteiger partial charge in [0.05, 0.1) is 0 Å². The van der Waals surface area contributed by atoms with Crippen LogP contribution in [-0.2, 0) is 4.74 Å². The Morgan fingerprint density at radius 2 is 1.36 bits per heavy atom. The van der Waals surface area contributed by atoms with E-state index in [0.29, 0.717) is 15.6 Å². The third-order valence-corrected chi connectivity index (χ3v) is 10.3. The van der Waals surface area contributed by atoms with Crippen molar-refractivity contribution in [2.75, 3.05) is 6.61 Å². The predicted molar refractivity (Wildman–Crippen MR) is 109 cm³/mol. The van der Waals surface area contributed by atoms with Crippen LogP contribution >= 0.6 is 0 Å². The molecule has 2 nitrogen and oxygen atoms in total. The first-order chi connectivity index (χ1) is 12.1. The van der Waals surface area contributed by atoms with Crippen molar-refractivity contribution < 1.29 is 9.53 Å². The van der Waals surface area contributed by atoms with Crippen molar-refractivity contribution >= 4 is 30.7 Å². The summed E-state index contributed by atoms with van der Waals surface area (Å²) in [5, 5.41) is 0. The van der Waals surface area contributed by atoms with E-state index in [-0.39, 0.29) is 5.97 Å². The molecule has 1 aromatic carbocycles. The first-order valence-electron chi connectivity index (χ1n) is 10.2. The summed E-state index contributed by atoms with van der Waals surface area (Å²) in [4.78, 5) is 11.9. The van der Waals surface area contributed by atoms with Crippen LogP contribution < -0.4 is 3.58 Å². The number of rotatable bonds is 13. The third-order valence-electron chi connectivity index (χ3n) is 4.83. The van der Waals surface area contributed by atoms with E-state index in [4.69, 9.17) is 4.74 Å². The summed E-state index contributed by atoms with van der Waals surface area (Å²) < 4.78 is 7.22. The van der Waals surface area contributed by atoms with E-state index in [9.17, 15) is 4.79 Å². The number of ether oxygens (including phenoxy) is 1. The molecule has 0 spiro atoms. The van der Waals surface area contributed by atoms with Gasteiger partial charge in [-0.25, -0.2) is 0 Å². The number of carbonyl (C=O) groups excluding carboxylic acids is 1. The minimum atomic E-state index is -0.706. The second-order valence-corrected chi connectivity index (χ2v) is 12.4. The van der Waals surface area contributed by atoms with Crippen molar-refractivity contribution in [1.82, 2.24) is 0 Å². The second kappa shape index (κ2) is 12.8. The van der Waals surface area contributed by atoms with Crippen LogP contribution in [0.1, 0.15) is 95.8 Å². The van der Waals surface area contributed by atoms with E-state index in [2.05, 4.69) is 32.9 Å². The molecule has 0 saturated carbocycles. The van der Waals surface area contributed by atoms with Gasteiger partial charge in [-0.05, 0) is 0 Å². The molecular formula is C22H36O2Sn. The zero-order valence-corrected chi connectivity index (χ0v) is 19.6. The Morgan fingerprint density at radius 3 is 1.76 bits per heavy atom. The number of benzene rings is 1. The molecule has 0 aliphatic heterocycles. The predicted octanol–water partition coefficient (Wildman–Crippen LogP) is 5.92. The summed E-state index contributed by atoms with van der Waals surface area (Å²) >= 11 is -0.706. The molecule has 1 aromatic rings. The second-order valence-electron chi connectivity index (χ2n) is 7.01. The SMILES string of the molecule is CCCC[C](CCCC)(CCCC)[Sn][c]1ccc(C(=O)OCC)cc1. The van der Waals surface area contributed by atoms with Gasteiger partial charge in [0, 0.05) is 0 Å². The van der Waals surface area contributed by atoms with E-state index in [1.165, 1.54) is 61.4 Å². The quantitative estimate of drug-likeness (QED) is 0.275. The fourth-order valence-electron chi connectivity index (χ4n) is 3.32. The molecule has 2 radical (unpaired) electrons. The molecule has 0 aliphatic carbocycles. The van der Waals surface area contributed by atoms with Gasteiger partial charge in [0.2, 0.25) is 0 Å². The van der Waals surface area contributed by atoms with Gasteiger partial charge >= 0.3 is 166 Å². The van der Waals surface area contributed by atoms with E-state index in [1.54, 1.807) is 0 Å². The Labute approximate surface area is 165 Å². The Kier molecular flexibility index (Phi) is 11.5. The molecule has 0 aromatic heterocycles. The standard InChI is InChI=1S/C13H27.C9H9O2.Sn/c1-4-7-10-13(11-8-5-2)12-9-6-3;1-2-11-9(10)8-6-4-3-5-7-8;/h4-12H2,1-3H3;4-7H,2H2,1H3;. The van der Waals surface area contributed by atoms with E-state index >= 15 is 0 Å². The van der Waals surface area contributed by atoms with E-state index < -0.39 is 21.1 Å². The first-order valence-corrected chi connectivity index (χ1v) is 13.0. The van der Waals surface area contributed by atoms with E-state index in [0.717, 1.165) is 0 Å². The van der Waals surface area contributed by atoms with Gasteiger partial charge in [0.1, 0.15) is 0 Å². The Morgan fingerprint density at radius 1 is 0.880 bits per heavy atom. The van der Waals surface area contributed by atoms with Crippen LogP contribution in [0.25, 0.3) is 0 Å². The van der Waals surface area contributed by atoms with E-state index in [1.807, 2.05) is 19.1 Å². The fraction of sp³-hybridized carbons (Fsp3) is 0.682. The molecule has 0 fully saturated rings. The van der Waals surface area contributed by atoms with Crippen molar-refractivity contribution in [3.8, 4) is 0 Å². The first kappa shape index (κ1) is 22.5. The molecule has 0 amide bonds. The summed E-state index contributed by atoms with van der Waals surface area (Å²) in [6, 6.07) is 8.35. The molecule has 140 valence electrons. The molecule has 1 rings (SSSR count). The summed E-state index contributed by atoms with van der Waals surface area (Å²) in [7, 11) is 0. The average Bonchev–Trinajstić information content (AvgIpc) is 2.63. The van der Waals surface area contributed by atoms with Crippen LogP contribution in [0, 0.1) is 0 Å². The minimum absolute atomic E-state index is 0.200. The Bertz CT molecular complexity index is 460. The normalized spacial score (nSPS) is 11.5. The Hall–Kier alpha value is -0.511. The van der Waals surface area contributed by atoms with Crippen LogP contribution in [0.3, 0.4) is 0 Å². The number of hydrogen-bond donors (Lipinski definition) is 0. The van der Waals surface area contributed by atoms with Crippen LogP contribution in [0.4, 0.5) is 0 Å². The van der Waals surface area contributed by atoms with Gasteiger partial charge in [-0.3, -0.25) is 0 Å². The van der Waals surface area contributed by atoms with Crippen molar-refractivity contribution in [1.29, 1.82) is 0 Å². The van der Waals surface area contributed by atoms with Crippen LogP contribution in [-0.4, -0.2) is 33.7 Å². The molecule has 0 bridgehead atoms. The Balaban J connectivity index is 2.91. The number of esters is 1. The molecule has 25 heavy (non-hydrogen) atoms. The van der Waals surface area contributed by atoms with Crippen molar-refractivity contribution in [2.24, 2.45) is 0 Å².